The maximum Gasteiger partial charge on any atom is 0.223 e. The number of rotatable bonds is 8. The van der Waals surface area contributed by atoms with Gasteiger partial charge >= 0.3 is 0 Å². The Morgan fingerprint density at radius 1 is 1.30 bits per heavy atom. The SMILES string of the molecule is COc1ccc(OCCC(=O)NCC2(CO)CC2)cc1. The number of carbonyl (C=O) groups excluding carboxylic acids is 1. The van der Waals surface area contributed by atoms with Crippen molar-refractivity contribution in [1.29, 1.82) is 0 Å². The van der Waals surface area contributed by atoms with Crippen molar-refractivity contribution in [3.05, 3.63) is 24.3 Å². The summed E-state index contributed by atoms with van der Waals surface area (Å²) >= 11 is 0. The molecule has 0 heterocycles. The highest BCUT2D eigenvalue weighted by Crippen LogP contribution is 2.44. The summed E-state index contributed by atoms with van der Waals surface area (Å²) in [7, 11) is 1.61. The molecule has 0 spiro atoms. The first-order valence-corrected chi connectivity index (χ1v) is 6.82. The molecular weight excluding hydrogens is 258 g/mol. The van der Waals surface area contributed by atoms with E-state index in [-0.39, 0.29) is 17.9 Å². The van der Waals surface area contributed by atoms with Crippen LogP contribution in [0.25, 0.3) is 0 Å². The number of amides is 1. The Kier molecular flexibility index (Phi) is 4.84. The number of nitrogens with one attached hydrogen (secondary N) is 1. The molecule has 1 fully saturated rings. The molecule has 0 radical (unpaired) electrons. The second-order valence-electron chi connectivity index (χ2n) is 5.21. The van der Waals surface area contributed by atoms with Crippen molar-refractivity contribution in [3.8, 4) is 11.5 Å². The van der Waals surface area contributed by atoms with Gasteiger partial charge in [0.05, 0.1) is 26.7 Å². The molecule has 1 saturated carbocycles. The van der Waals surface area contributed by atoms with Crippen molar-refractivity contribution in [2.24, 2.45) is 5.41 Å². The van der Waals surface area contributed by atoms with Gasteiger partial charge < -0.3 is 19.9 Å². The summed E-state index contributed by atoms with van der Waals surface area (Å²) in [5, 5.41) is 12.0. The third kappa shape index (κ3) is 4.13. The fraction of sp³-hybridized carbons (Fsp3) is 0.533. The summed E-state index contributed by atoms with van der Waals surface area (Å²) in [5.74, 6) is 1.44. The van der Waals surface area contributed by atoms with Gasteiger partial charge in [0.1, 0.15) is 11.5 Å². The Balaban J connectivity index is 1.63. The molecule has 1 amide bonds. The van der Waals surface area contributed by atoms with Crippen molar-refractivity contribution in [1.82, 2.24) is 5.32 Å². The Bertz CT molecular complexity index is 440. The molecule has 2 rings (SSSR count). The van der Waals surface area contributed by atoms with E-state index in [0.717, 1.165) is 18.6 Å². The van der Waals surface area contributed by atoms with E-state index < -0.39 is 0 Å². The van der Waals surface area contributed by atoms with Gasteiger partial charge in [-0.3, -0.25) is 4.79 Å². The number of benzene rings is 1. The largest absolute Gasteiger partial charge is 0.497 e. The van der Waals surface area contributed by atoms with Crippen LogP contribution >= 0.6 is 0 Å². The predicted molar refractivity (Wildman–Crippen MR) is 74.9 cm³/mol. The number of hydrogen-bond donors (Lipinski definition) is 2. The van der Waals surface area contributed by atoms with Gasteiger partial charge in [-0.25, -0.2) is 0 Å². The van der Waals surface area contributed by atoms with Gasteiger partial charge in [0.25, 0.3) is 0 Å². The van der Waals surface area contributed by atoms with Crippen molar-refractivity contribution in [2.75, 3.05) is 26.9 Å². The minimum Gasteiger partial charge on any atom is -0.497 e. The first-order valence-electron chi connectivity index (χ1n) is 6.82. The number of hydrogen-bond acceptors (Lipinski definition) is 4. The first-order chi connectivity index (χ1) is 9.67. The van der Waals surface area contributed by atoms with E-state index in [1.807, 2.05) is 24.3 Å². The average Bonchev–Trinajstić information content (AvgIpc) is 3.26. The standard InChI is InChI=1S/C15H21NO4/c1-19-12-2-4-13(5-3-12)20-9-6-14(18)16-10-15(11-17)7-8-15/h2-5,17H,6-11H2,1H3,(H,16,18). The molecule has 0 bridgehead atoms. The predicted octanol–water partition coefficient (Wildman–Crippen LogP) is 1.35. The fourth-order valence-electron chi connectivity index (χ4n) is 1.88. The van der Waals surface area contributed by atoms with Gasteiger partial charge in [-0.1, -0.05) is 0 Å². The van der Waals surface area contributed by atoms with Crippen molar-refractivity contribution in [2.45, 2.75) is 19.3 Å². The number of carbonyl (C=O) groups is 1. The molecule has 0 unspecified atom stereocenters. The lowest BCUT2D eigenvalue weighted by Gasteiger charge is -2.13. The third-order valence-corrected chi connectivity index (χ3v) is 3.61. The second kappa shape index (κ2) is 6.61. The summed E-state index contributed by atoms with van der Waals surface area (Å²) in [6.07, 6.45) is 2.30. The monoisotopic (exact) mass is 279 g/mol. The van der Waals surface area contributed by atoms with Gasteiger partial charge in [-0.05, 0) is 37.1 Å². The molecule has 5 heteroatoms. The smallest absolute Gasteiger partial charge is 0.223 e. The zero-order valence-electron chi connectivity index (χ0n) is 11.7. The molecule has 2 N–H and O–H groups in total. The number of ether oxygens (including phenoxy) is 2. The van der Waals surface area contributed by atoms with Crippen LogP contribution in [0.15, 0.2) is 24.3 Å². The normalized spacial score (nSPS) is 15.5. The highest BCUT2D eigenvalue weighted by Gasteiger charge is 2.41. The van der Waals surface area contributed by atoms with Crippen LogP contribution in [0, 0.1) is 5.41 Å². The van der Waals surface area contributed by atoms with Crippen LogP contribution in [0.5, 0.6) is 11.5 Å². The lowest BCUT2D eigenvalue weighted by molar-refractivity contribution is -0.121. The minimum absolute atomic E-state index is 0.0433. The maximum atomic E-state index is 11.6. The van der Waals surface area contributed by atoms with Crippen LogP contribution < -0.4 is 14.8 Å². The second-order valence-corrected chi connectivity index (χ2v) is 5.21. The van der Waals surface area contributed by atoms with Crippen LogP contribution in [0.4, 0.5) is 0 Å². The van der Waals surface area contributed by atoms with E-state index in [0.29, 0.717) is 25.3 Å². The molecule has 1 aliphatic carbocycles. The quantitative estimate of drug-likeness (QED) is 0.754. The lowest BCUT2D eigenvalue weighted by atomic mass is 10.1. The van der Waals surface area contributed by atoms with E-state index in [2.05, 4.69) is 5.32 Å². The Labute approximate surface area is 118 Å². The summed E-state index contributed by atoms with van der Waals surface area (Å²) < 4.78 is 10.5. The molecule has 1 aromatic rings. The van der Waals surface area contributed by atoms with Gasteiger partial charge in [-0.2, -0.15) is 0 Å². The summed E-state index contributed by atoms with van der Waals surface area (Å²) in [5.41, 5.74) is -0.0491. The van der Waals surface area contributed by atoms with Crippen molar-refractivity contribution < 1.29 is 19.4 Å². The summed E-state index contributed by atoms with van der Waals surface area (Å²) in [6.45, 7) is 1.05. The molecule has 20 heavy (non-hydrogen) atoms. The van der Waals surface area contributed by atoms with Crippen molar-refractivity contribution in [3.63, 3.8) is 0 Å². The summed E-state index contributed by atoms with van der Waals surface area (Å²) in [6, 6.07) is 7.24. The van der Waals surface area contributed by atoms with Gasteiger partial charge in [-0.15, -0.1) is 0 Å². The zero-order valence-corrected chi connectivity index (χ0v) is 11.7. The van der Waals surface area contributed by atoms with E-state index in [1.54, 1.807) is 7.11 Å². The Hall–Kier alpha value is -1.75. The fourth-order valence-corrected chi connectivity index (χ4v) is 1.88. The third-order valence-electron chi connectivity index (χ3n) is 3.61. The van der Waals surface area contributed by atoms with Gasteiger partial charge in [0.15, 0.2) is 0 Å². The van der Waals surface area contributed by atoms with Crippen molar-refractivity contribution >= 4 is 5.91 Å². The Morgan fingerprint density at radius 2 is 1.95 bits per heavy atom. The van der Waals surface area contributed by atoms with E-state index in [1.165, 1.54) is 0 Å². The van der Waals surface area contributed by atoms with E-state index >= 15 is 0 Å². The molecule has 0 aliphatic heterocycles. The van der Waals surface area contributed by atoms with Crippen LogP contribution in [0.1, 0.15) is 19.3 Å². The Morgan fingerprint density at radius 3 is 2.50 bits per heavy atom. The molecule has 5 nitrogen and oxygen atoms in total. The highest BCUT2D eigenvalue weighted by molar-refractivity contribution is 5.76. The number of aliphatic hydroxyl groups is 1. The minimum atomic E-state index is -0.0491. The zero-order chi connectivity index (χ0) is 14.4. The molecule has 0 atom stereocenters. The number of aliphatic hydroxyl groups excluding tert-OH is 1. The topological polar surface area (TPSA) is 67.8 Å². The van der Waals surface area contributed by atoms with Gasteiger partial charge in [0.2, 0.25) is 5.91 Å². The van der Waals surface area contributed by atoms with Crippen LogP contribution in [0.2, 0.25) is 0 Å². The summed E-state index contributed by atoms with van der Waals surface area (Å²) in [4.78, 5) is 11.6. The molecule has 0 saturated heterocycles. The van der Waals surface area contributed by atoms with Gasteiger partial charge in [0, 0.05) is 12.0 Å². The van der Waals surface area contributed by atoms with Crippen LogP contribution in [0.3, 0.4) is 0 Å². The van der Waals surface area contributed by atoms with E-state index in [4.69, 9.17) is 14.6 Å². The average molecular weight is 279 g/mol. The molecular formula is C15H21NO4. The molecule has 1 aliphatic rings. The highest BCUT2D eigenvalue weighted by atomic mass is 16.5. The molecule has 0 aromatic heterocycles. The van der Waals surface area contributed by atoms with E-state index in [9.17, 15) is 4.79 Å². The molecule has 1 aromatic carbocycles. The number of methoxy groups -OCH3 is 1. The lowest BCUT2D eigenvalue weighted by Crippen LogP contribution is -2.32. The van der Waals surface area contributed by atoms with Crippen LogP contribution in [-0.4, -0.2) is 37.9 Å². The maximum absolute atomic E-state index is 11.6. The first kappa shape index (κ1) is 14.7. The molecule has 110 valence electrons. The van der Waals surface area contributed by atoms with Crippen LogP contribution in [-0.2, 0) is 4.79 Å².